The topological polar surface area (TPSA) is 56.4 Å². The SMILES string of the molecule is CC(C)CN1CC(=O)N2C[C@@H](c3ccc(Cl)cc3)c3c([nH]c4ccccc34)[C@@]2(C)C1=O. The van der Waals surface area contributed by atoms with Crippen LogP contribution in [0.5, 0.6) is 0 Å². The highest BCUT2D eigenvalue weighted by Gasteiger charge is 2.56. The minimum atomic E-state index is -1.04. The summed E-state index contributed by atoms with van der Waals surface area (Å²) in [5.41, 5.74) is 2.95. The molecular weight excluding hydrogens is 410 g/mol. The summed E-state index contributed by atoms with van der Waals surface area (Å²) in [5, 5.41) is 1.77. The summed E-state index contributed by atoms with van der Waals surface area (Å²) in [6.07, 6.45) is 0. The number of amides is 2. The van der Waals surface area contributed by atoms with E-state index in [-0.39, 0.29) is 24.3 Å². The van der Waals surface area contributed by atoms with Crippen LogP contribution >= 0.6 is 11.6 Å². The number of para-hydroxylation sites is 1. The van der Waals surface area contributed by atoms with Crippen molar-refractivity contribution in [3.05, 3.63) is 70.4 Å². The number of fused-ring (bicyclic) bond motifs is 5. The molecule has 0 unspecified atom stereocenters. The lowest BCUT2D eigenvalue weighted by Gasteiger charge is -2.51. The minimum absolute atomic E-state index is 0.00832. The number of nitrogens with zero attached hydrogens (tertiary/aromatic N) is 2. The summed E-state index contributed by atoms with van der Waals surface area (Å²) >= 11 is 6.14. The molecule has 0 radical (unpaired) electrons. The Hall–Kier alpha value is -2.79. The van der Waals surface area contributed by atoms with E-state index in [0.717, 1.165) is 27.7 Å². The molecular formula is C25H26ClN3O2. The zero-order valence-electron chi connectivity index (χ0n) is 18.0. The third-order valence-corrected chi connectivity index (χ3v) is 6.93. The number of benzene rings is 2. The van der Waals surface area contributed by atoms with E-state index < -0.39 is 5.54 Å². The number of hydrogen-bond acceptors (Lipinski definition) is 2. The average Bonchev–Trinajstić information content (AvgIpc) is 3.13. The lowest BCUT2D eigenvalue weighted by Crippen LogP contribution is -2.67. The monoisotopic (exact) mass is 435 g/mol. The van der Waals surface area contributed by atoms with Gasteiger partial charge in [-0.3, -0.25) is 9.59 Å². The Morgan fingerprint density at radius 2 is 1.84 bits per heavy atom. The van der Waals surface area contributed by atoms with Gasteiger partial charge >= 0.3 is 0 Å². The van der Waals surface area contributed by atoms with Crippen molar-refractivity contribution in [3.63, 3.8) is 0 Å². The maximum absolute atomic E-state index is 13.8. The van der Waals surface area contributed by atoms with Gasteiger partial charge in [0.15, 0.2) is 5.54 Å². The van der Waals surface area contributed by atoms with E-state index >= 15 is 0 Å². The molecule has 1 saturated heterocycles. The van der Waals surface area contributed by atoms with Crippen LogP contribution in [0.2, 0.25) is 5.02 Å². The van der Waals surface area contributed by atoms with Crippen LogP contribution in [0.3, 0.4) is 0 Å². The van der Waals surface area contributed by atoms with Gasteiger partial charge in [-0.2, -0.15) is 0 Å². The Morgan fingerprint density at radius 1 is 1.13 bits per heavy atom. The van der Waals surface area contributed by atoms with Crippen molar-refractivity contribution >= 4 is 34.3 Å². The molecule has 2 atom stereocenters. The summed E-state index contributed by atoms with van der Waals surface area (Å²) < 4.78 is 0. The summed E-state index contributed by atoms with van der Waals surface area (Å²) in [6, 6.07) is 15.9. The second-order valence-electron chi connectivity index (χ2n) is 9.22. The number of carbonyl (C=O) groups excluding carboxylic acids is 2. The van der Waals surface area contributed by atoms with Crippen LogP contribution in [-0.2, 0) is 15.1 Å². The van der Waals surface area contributed by atoms with Gasteiger partial charge in [-0.15, -0.1) is 0 Å². The Balaban J connectivity index is 1.73. The highest BCUT2D eigenvalue weighted by atomic mass is 35.5. The molecule has 0 spiro atoms. The molecule has 2 aliphatic heterocycles. The zero-order chi connectivity index (χ0) is 21.9. The lowest BCUT2D eigenvalue weighted by atomic mass is 9.76. The van der Waals surface area contributed by atoms with Gasteiger partial charge in [-0.1, -0.05) is 55.8 Å². The molecule has 1 fully saturated rings. The Morgan fingerprint density at radius 3 is 2.55 bits per heavy atom. The molecule has 1 N–H and O–H groups in total. The fourth-order valence-electron chi connectivity index (χ4n) is 5.26. The van der Waals surface area contributed by atoms with E-state index in [1.807, 2.05) is 49.4 Å². The molecule has 2 aliphatic rings. The smallest absolute Gasteiger partial charge is 0.254 e. The molecule has 0 aliphatic carbocycles. The van der Waals surface area contributed by atoms with Gasteiger partial charge < -0.3 is 14.8 Å². The molecule has 3 heterocycles. The second-order valence-corrected chi connectivity index (χ2v) is 9.66. The van der Waals surface area contributed by atoms with E-state index in [4.69, 9.17) is 11.6 Å². The number of rotatable bonds is 3. The van der Waals surface area contributed by atoms with Gasteiger partial charge in [0, 0.05) is 34.9 Å². The van der Waals surface area contributed by atoms with E-state index in [2.05, 4.69) is 24.9 Å². The maximum Gasteiger partial charge on any atom is 0.254 e. The summed E-state index contributed by atoms with van der Waals surface area (Å²) in [4.78, 5) is 34.1. The minimum Gasteiger partial charge on any atom is -0.356 e. The first-order chi connectivity index (χ1) is 14.8. The third kappa shape index (κ3) is 2.98. The average molecular weight is 436 g/mol. The van der Waals surface area contributed by atoms with Gasteiger partial charge in [0.2, 0.25) is 5.91 Å². The highest BCUT2D eigenvalue weighted by Crippen LogP contribution is 2.48. The van der Waals surface area contributed by atoms with E-state index in [0.29, 0.717) is 24.0 Å². The van der Waals surface area contributed by atoms with E-state index in [9.17, 15) is 9.59 Å². The number of carbonyl (C=O) groups is 2. The van der Waals surface area contributed by atoms with Crippen LogP contribution in [0, 0.1) is 5.92 Å². The number of H-pyrrole nitrogens is 1. The first-order valence-corrected chi connectivity index (χ1v) is 11.1. The van der Waals surface area contributed by atoms with E-state index in [1.54, 1.807) is 9.80 Å². The predicted molar refractivity (Wildman–Crippen MR) is 122 cm³/mol. The number of halogens is 1. The Bertz CT molecular complexity index is 1180. The first kappa shape index (κ1) is 20.1. The molecule has 0 saturated carbocycles. The molecule has 3 aromatic rings. The molecule has 6 heteroatoms. The standard InChI is InChI=1S/C25H26ClN3O2/c1-15(2)12-28-14-21(30)29-13-19(16-8-10-17(26)11-9-16)22-18-6-4-5-7-20(18)27-23(22)25(29,3)24(28)31/h4-11,15,19,27H,12-14H2,1-3H3/t19-,25-/m0/s1. The molecule has 2 amide bonds. The van der Waals surface area contributed by atoms with Crippen molar-refractivity contribution in [2.24, 2.45) is 5.92 Å². The molecule has 1 aromatic heterocycles. The van der Waals surface area contributed by atoms with Gasteiger partial charge in [-0.05, 0) is 42.2 Å². The molecule has 5 rings (SSSR count). The number of aromatic amines is 1. The summed E-state index contributed by atoms with van der Waals surface area (Å²) in [7, 11) is 0. The number of nitrogens with one attached hydrogen (secondary N) is 1. The van der Waals surface area contributed by atoms with Crippen LogP contribution in [0.15, 0.2) is 48.5 Å². The molecule has 0 bridgehead atoms. The number of piperazine rings is 1. The molecule has 5 nitrogen and oxygen atoms in total. The van der Waals surface area contributed by atoms with Gasteiger partial charge in [0.05, 0.1) is 12.2 Å². The fourth-order valence-corrected chi connectivity index (χ4v) is 5.38. The lowest BCUT2D eigenvalue weighted by molar-refractivity contribution is -0.166. The Kier molecular flexibility index (Phi) is 4.63. The third-order valence-electron chi connectivity index (χ3n) is 6.68. The summed E-state index contributed by atoms with van der Waals surface area (Å²) in [5.74, 6) is 0.235. The van der Waals surface area contributed by atoms with Crippen LogP contribution in [0.25, 0.3) is 10.9 Å². The van der Waals surface area contributed by atoms with Crippen LogP contribution in [-0.4, -0.2) is 46.2 Å². The second kappa shape index (κ2) is 7.13. The number of hydrogen-bond donors (Lipinski definition) is 1. The fraction of sp³-hybridized carbons (Fsp3) is 0.360. The van der Waals surface area contributed by atoms with Crippen molar-refractivity contribution in [2.75, 3.05) is 19.6 Å². The molecule has 2 aromatic carbocycles. The molecule has 31 heavy (non-hydrogen) atoms. The van der Waals surface area contributed by atoms with Crippen molar-refractivity contribution in [1.29, 1.82) is 0 Å². The molecule has 160 valence electrons. The Labute approximate surface area is 187 Å². The number of aromatic nitrogens is 1. The van der Waals surface area contributed by atoms with Gasteiger partial charge in [0.1, 0.15) is 0 Å². The van der Waals surface area contributed by atoms with Gasteiger partial charge in [-0.25, -0.2) is 0 Å². The van der Waals surface area contributed by atoms with Crippen molar-refractivity contribution in [3.8, 4) is 0 Å². The van der Waals surface area contributed by atoms with Crippen molar-refractivity contribution in [1.82, 2.24) is 14.8 Å². The quantitative estimate of drug-likeness (QED) is 0.658. The van der Waals surface area contributed by atoms with Crippen molar-refractivity contribution < 1.29 is 9.59 Å². The van der Waals surface area contributed by atoms with E-state index in [1.165, 1.54) is 0 Å². The van der Waals surface area contributed by atoms with Gasteiger partial charge in [0.25, 0.3) is 5.91 Å². The van der Waals surface area contributed by atoms with Crippen LogP contribution in [0.4, 0.5) is 0 Å². The largest absolute Gasteiger partial charge is 0.356 e. The normalized spacial score (nSPS) is 23.5. The maximum atomic E-state index is 13.8. The van der Waals surface area contributed by atoms with Crippen molar-refractivity contribution in [2.45, 2.75) is 32.2 Å². The van der Waals surface area contributed by atoms with Crippen LogP contribution in [0.1, 0.15) is 43.5 Å². The summed E-state index contributed by atoms with van der Waals surface area (Å²) in [6.45, 7) is 7.20. The predicted octanol–water partition coefficient (Wildman–Crippen LogP) is 4.51. The zero-order valence-corrected chi connectivity index (χ0v) is 18.7. The van der Waals surface area contributed by atoms with Crippen LogP contribution < -0.4 is 0 Å². The first-order valence-electron chi connectivity index (χ1n) is 10.8. The highest BCUT2D eigenvalue weighted by molar-refractivity contribution is 6.30.